The lowest BCUT2D eigenvalue weighted by Crippen LogP contribution is -2.44. The molecule has 1 N–H and O–H groups in total. The number of nitrogens with one attached hydrogen (secondary N) is 1. The molecule has 3 nitrogen and oxygen atoms in total. The average molecular weight is 308 g/mol. The van der Waals surface area contributed by atoms with Crippen LogP contribution in [-0.2, 0) is 4.79 Å². The first-order valence-corrected chi connectivity index (χ1v) is 8.52. The number of benzene rings is 1. The number of carbonyl (C=O) groups excluding carboxylic acids is 1. The summed E-state index contributed by atoms with van der Waals surface area (Å²) in [6.07, 6.45) is 3.49. The van der Waals surface area contributed by atoms with Crippen molar-refractivity contribution >= 4 is 17.7 Å². The molecule has 0 atom stereocenters. The second-order valence-electron chi connectivity index (χ2n) is 6.05. The molecule has 2 saturated heterocycles. The molecule has 0 aromatic heterocycles. The van der Waals surface area contributed by atoms with Crippen LogP contribution in [0.1, 0.15) is 19.3 Å². The molecule has 0 bridgehead atoms. The van der Waals surface area contributed by atoms with Crippen LogP contribution < -0.4 is 5.32 Å². The second-order valence-corrected chi connectivity index (χ2v) is 7.10. The molecule has 0 unspecified atom stereocenters. The minimum atomic E-state index is -0.239. The van der Waals surface area contributed by atoms with Crippen molar-refractivity contribution in [2.75, 3.05) is 31.9 Å². The van der Waals surface area contributed by atoms with E-state index in [2.05, 4.69) is 5.32 Å². The highest BCUT2D eigenvalue weighted by atomic mass is 32.2. The summed E-state index contributed by atoms with van der Waals surface area (Å²) in [4.78, 5) is 15.2. The number of likely N-dealkylation sites (tertiary alicyclic amines) is 1. The fourth-order valence-corrected chi connectivity index (χ4v) is 4.02. The highest BCUT2D eigenvalue weighted by molar-refractivity contribution is 8.00. The number of carbonyl (C=O) groups is 1. The van der Waals surface area contributed by atoms with Crippen molar-refractivity contribution in [1.29, 1.82) is 0 Å². The minimum absolute atomic E-state index is 0.199. The lowest BCUT2D eigenvalue weighted by molar-refractivity contribution is -0.130. The summed E-state index contributed by atoms with van der Waals surface area (Å²) in [6.45, 7) is 3.99. The first-order chi connectivity index (χ1) is 10.2. The molecule has 2 aliphatic heterocycles. The second kappa shape index (κ2) is 6.36. The number of hydrogen-bond acceptors (Lipinski definition) is 3. The number of hydrogen-bond donors (Lipinski definition) is 1. The summed E-state index contributed by atoms with van der Waals surface area (Å²) >= 11 is 1.48. The zero-order chi connectivity index (χ0) is 14.7. The predicted octanol–water partition coefficient (Wildman–Crippen LogP) is 2.52. The Labute approximate surface area is 129 Å². The molecule has 1 spiro atoms. The first kappa shape index (κ1) is 14.9. The van der Waals surface area contributed by atoms with Crippen LogP contribution in [0.4, 0.5) is 4.39 Å². The quantitative estimate of drug-likeness (QED) is 0.871. The van der Waals surface area contributed by atoms with E-state index in [1.54, 1.807) is 12.1 Å². The van der Waals surface area contributed by atoms with Gasteiger partial charge in [-0.25, -0.2) is 4.39 Å². The summed E-state index contributed by atoms with van der Waals surface area (Å²) in [5, 5.41) is 3.44. The highest BCUT2D eigenvalue weighted by Gasteiger charge is 2.37. The number of nitrogens with zero attached hydrogens (tertiary/aromatic N) is 1. The molecule has 0 saturated carbocycles. The van der Waals surface area contributed by atoms with Gasteiger partial charge in [-0.15, -0.1) is 11.8 Å². The Kier molecular flexibility index (Phi) is 4.50. The molecule has 2 aliphatic rings. The number of amides is 1. The van der Waals surface area contributed by atoms with Crippen molar-refractivity contribution in [1.82, 2.24) is 10.2 Å². The number of halogens is 1. The predicted molar refractivity (Wildman–Crippen MR) is 82.9 cm³/mol. The third-order valence-electron chi connectivity index (χ3n) is 4.68. The van der Waals surface area contributed by atoms with Crippen LogP contribution in [-0.4, -0.2) is 42.7 Å². The van der Waals surface area contributed by atoms with Gasteiger partial charge in [0.25, 0.3) is 0 Å². The van der Waals surface area contributed by atoms with E-state index in [0.29, 0.717) is 11.2 Å². The van der Waals surface area contributed by atoms with Crippen LogP contribution in [0, 0.1) is 11.2 Å². The topological polar surface area (TPSA) is 32.3 Å². The van der Waals surface area contributed by atoms with E-state index in [1.807, 2.05) is 4.90 Å². The van der Waals surface area contributed by atoms with Gasteiger partial charge in [-0.3, -0.25) is 4.79 Å². The Morgan fingerprint density at radius 2 is 1.95 bits per heavy atom. The Morgan fingerprint density at radius 1 is 1.24 bits per heavy atom. The minimum Gasteiger partial charge on any atom is -0.342 e. The van der Waals surface area contributed by atoms with Crippen LogP contribution in [0.15, 0.2) is 29.2 Å². The van der Waals surface area contributed by atoms with Gasteiger partial charge in [0.15, 0.2) is 0 Å². The maximum absolute atomic E-state index is 12.8. The molecule has 5 heteroatoms. The van der Waals surface area contributed by atoms with Gasteiger partial charge in [0.05, 0.1) is 5.75 Å². The monoisotopic (exact) mass is 308 g/mol. The van der Waals surface area contributed by atoms with Gasteiger partial charge >= 0.3 is 0 Å². The number of piperidine rings is 1. The van der Waals surface area contributed by atoms with Crippen LogP contribution in [0.3, 0.4) is 0 Å². The maximum atomic E-state index is 12.8. The fraction of sp³-hybridized carbons (Fsp3) is 0.562. The average Bonchev–Trinajstić information content (AvgIpc) is 2.95. The molecular formula is C16H21FN2OS. The van der Waals surface area contributed by atoms with Crippen LogP contribution >= 0.6 is 11.8 Å². The smallest absolute Gasteiger partial charge is 0.232 e. The number of rotatable bonds is 3. The summed E-state index contributed by atoms with van der Waals surface area (Å²) in [7, 11) is 0. The van der Waals surface area contributed by atoms with Crippen LogP contribution in [0.5, 0.6) is 0 Å². The molecule has 1 aromatic carbocycles. The molecule has 2 heterocycles. The number of thioether (sulfide) groups is 1. The molecule has 0 radical (unpaired) electrons. The first-order valence-electron chi connectivity index (χ1n) is 7.54. The van der Waals surface area contributed by atoms with E-state index in [0.717, 1.165) is 43.9 Å². The van der Waals surface area contributed by atoms with Crippen molar-refractivity contribution in [2.45, 2.75) is 24.2 Å². The fourth-order valence-electron chi connectivity index (χ4n) is 3.22. The Balaban J connectivity index is 1.47. The standard InChI is InChI=1S/C16H21FN2OS/c17-13-1-3-14(4-2-13)21-11-15(20)19-9-6-16(7-10-19)5-8-18-12-16/h1-4,18H,5-12H2. The van der Waals surface area contributed by atoms with E-state index in [-0.39, 0.29) is 11.7 Å². The van der Waals surface area contributed by atoms with Gasteiger partial charge in [0.1, 0.15) is 5.82 Å². The lowest BCUT2D eigenvalue weighted by atomic mass is 9.78. The molecule has 3 rings (SSSR count). The zero-order valence-corrected chi connectivity index (χ0v) is 12.9. The highest BCUT2D eigenvalue weighted by Crippen LogP contribution is 2.37. The molecule has 21 heavy (non-hydrogen) atoms. The van der Waals surface area contributed by atoms with Gasteiger partial charge in [-0.1, -0.05) is 0 Å². The molecule has 114 valence electrons. The summed E-state index contributed by atoms with van der Waals surface area (Å²) in [5.41, 5.74) is 0.445. The Bertz CT molecular complexity index is 490. The van der Waals surface area contributed by atoms with Crippen molar-refractivity contribution in [3.8, 4) is 0 Å². The molecule has 1 amide bonds. The van der Waals surface area contributed by atoms with E-state index >= 15 is 0 Å². The summed E-state index contributed by atoms with van der Waals surface area (Å²) < 4.78 is 12.8. The van der Waals surface area contributed by atoms with E-state index in [4.69, 9.17) is 0 Å². The lowest BCUT2D eigenvalue weighted by Gasteiger charge is -2.38. The molecular weight excluding hydrogens is 287 g/mol. The SMILES string of the molecule is O=C(CSc1ccc(F)cc1)N1CCC2(CCNC2)CC1. The van der Waals surface area contributed by atoms with Crippen molar-refractivity contribution < 1.29 is 9.18 Å². The van der Waals surface area contributed by atoms with Crippen molar-refractivity contribution in [3.63, 3.8) is 0 Å². The third kappa shape index (κ3) is 3.58. The van der Waals surface area contributed by atoms with E-state index < -0.39 is 0 Å². The van der Waals surface area contributed by atoms with Gasteiger partial charge in [-0.2, -0.15) is 0 Å². The largest absolute Gasteiger partial charge is 0.342 e. The van der Waals surface area contributed by atoms with E-state index in [9.17, 15) is 9.18 Å². The normalized spacial score (nSPS) is 20.9. The Hall–Kier alpha value is -1.07. The zero-order valence-electron chi connectivity index (χ0n) is 12.1. The van der Waals surface area contributed by atoms with Gasteiger partial charge in [-0.05, 0) is 55.5 Å². The van der Waals surface area contributed by atoms with Gasteiger partial charge < -0.3 is 10.2 Å². The van der Waals surface area contributed by atoms with Crippen molar-refractivity contribution in [3.05, 3.63) is 30.1 Å². The molecule has 2 fully saturated rings. The summed E-state index contributed by atoms with van der Waals surface area (Å²) in [6, 6.07) is 6.32. The van der Waals surface area contributed by atoms with Crippen LogP contribution in [0.25, 0.3) is 0 Å². The Morgan fingerprint density at radius 3 is 2.57 bits per heavy atom. The molecule has 0 aliphatic carbocycles. The maximum Gasteiger partial charge on any atom is 0.232 e. The summed E-state index contributed by atoms with van der Waals surface area (Å²) in [5.74, 6) is 0.402. The van der Waals surface area contributed by atoms with Gasteiger partial charge in [0, 0.05) is 24.5 Å². The van der Waals surface area contributed by atoms with Crippen LogP contribution in [0.2, 0.25) is 0 Å². The molecule has 1 aromatic rings. The third-order valence-corrected chi connectivity index (χ3v) is 5.68. The van der Waals surface area contributed by atoms with Crippen molar-refractivity contribution in [2.24, 2.45) is 5.41 Å². The van der Waals surface area contributed by atoms with Gasteiger partial charge in [0.2, 0.25) is 5.91 Å². The van der Waals surface area contributed by atoms with E-state index in [1.165, 1.54) is 30.3 Å².